The van der Waals surface area contributed by atoms with Crippen LogP contribution in [0.25, 0.3) is 11.1 Å². The minimum atomic E-state index is -0.427. The predicted molar refractivity (Wildman–Crippen MR) is 183 cm³/mol. The molecule has 0 bridgehead atoms. The van der Waals surface area contributed by atoms with Crippen molar-refractivity contribution >= 4 is 42.5 Å². The molecule has 0 aliphatic heterocycles. The molecular weight excluding hydrogens is 599 g/mol. The first kappa shape index (κ1) is 39.6. The highest BCUT2D eigenvalue weighted by Gasteiger charge is 2.29. The van der Waals surface area contributed by atoms with E-state index in [-0.39, 0.29) is 30.6 Å². The van der Waals surface area contributed by atoms with Crippen LogP contribution in [-0.2, 0) is 9.47 Å². The summed E-state index contributed by atoms with van der Waals surface area (Å²) in [5.41, 5.74) is 3.16. The summed E-state index contributed by atoms with van der Waals surface area (Å²) < 4.78 is 11.2. The Kier molecular flexibility index (Phi) is 19.2. The molecule has 0 fully saturated rings. The Morgan fingerprint density at radius 3 is 1.20 bits per heavy atom. The maximum absolute atomic E-state index is 13.3. The van der Waals surface area contributed by atoms with Gasteiger partial charge < -0.3 is 9.47 Å². The number of carbonyl (C=O) groups is 3. The van der Waals surface area contributed by atoms with Gasteiger partial charge >= 0.3 is 11.9 Å². The molecule has 3 rings (SSSR count). The zero-order valence-corrected chi connectivity index (χ0v) is 28.7. The van der Waals surface area contributed by atoms with Gasteiger partial charge in [0.15, 0.2) is 5.78 Å². The summed E-state index contributed by atoms with van der Waals surface area (Å²) >= 11 is 0. The van der Waals surface area contributed by atoms with E-state index in [4.69, 9.17) is 9.47 Å². The van der Waals surface area contributed by atoms with Gasteiger partial charge in [-0.15, -0.1) is 24.8 Å². The monoisotopic (exact) mass is 650 g/mol. The van der Waals surface area contributed by atoms with Gasteiger partial charge in [0.25, 0.3) is 0 Å². The lowest BCUT2D eigenvalue weighted by Crippen LogP contribution is -2.30. The van der Waals surface area contributed by atoms with E-state index in [2.05, 4.69) is 37.5 Å². The van der Waals surface area contributed by atoms with E-state index in [9.17, 15) is 14.4 Å². The van der Waals surface area contributed by atoms with Gasteiger partial charge in [0, 0.05) is 24.2 Å². The lowest BCUT2D eigenvalue weighted by molar-refractivity contribution is 0.0451. The number of benzene rings is 2. The maximum atomic E-state index is 13.3. The number of unbranched alkanes of at least 4 members (excludes halogenated alkanes) is 4. The summed E-state index contributed by atoms with van der Waals surface area (Å²) in [5.74, 6) is -1.05. The van der Waals surface area contributed by atoms with Crippen molar-refractivity contribution in [2.24, 2.45) is 0 Å². The second kappa shape index (κ2) is 21.3. The van der Waals surface area contributed by atoms with Crippen LogP contribution in [0.15, 0.2) is 36.4 Å². The summed E-state index contributed by atoms with van der Waals surface area (Å²) in [7, 11) is 0. The third kappa shape index (κ3) is 11.5. The van der Waals surface area contributed by atoms with E-state index in [1.165, 1.54) is 0 Å². The Morgan fingerprint density at radius 2 is 0.886 bits per heavy atom. The summed E-state index contributed by atoms with van der Waals surface area (Å²) in [4.78, 5) is 43.7. The topological polar surface area (TPSA) is 76.1 Å². The second-order valence-electron chi connectivity index (χ2n) is 11.2. The normalized spacial score (nSPS) is 11.5. The van der Waals surface area contributed by atoms with E-state index in [0.717, 1.165) is 88.7 Å². The van der Waals surface area contributed by atoms with Crippen molar-refractivity contribution in [3.05, 3.63) is 58.7 Å². The van der Waals surface area contributed by atoms with Crippen molar-refractivity contribution in [1.82, 2.24) is 9.80 Å². The molecule has 44 heavy (non-hydrogen) atoms. The molecule has 0 amide bonds. The third-order valence-electron chi connectivity index (χ3n) is 7.88. The largest absolute Gasteiger partial charge is 0.461 e. The first-order chi connectivity index (χ1) is 20.4. The Bertz CT molecular complexity index is 1080. The number of halogens is 2. The summed E-state index contributed by atoms with van der Waals surface area (Å²) in [6, 6.07) is 10.2. The van der Waals surface area contributed by atoms with E-state index in [1.807, 2.05) is 0 Å². The Morgan fingerprint density at radius 1 is 0.545 bits per heavy atom. The second-order valence-corrected chi connectivity index (χ2v) is 11.2. The van der Waals surface area contributed by atoms with Crippen molar-refractivity contribution in [3.63, 3.8) is 0 Å². The highest BCUT2D eigenvalue weighted by molar-refractivity contribution is 6.22. The SMILES string of the molecule is CCCCN(CCCC)CCOC(=O)c1ccc2c(c1)C(=O)c1cc(C(=O)OCCN(CCCC)CCCC)ccc1-2.Cl.Cl. The Hall–Kier alpha value is -2.45. The standard InChI is InChI=1S/C35H50N2O5.2ClH/c1-5-9-17-36(18-10-6-2)21-23-41-34(39)27-13-15-29-30-16-14-28(26-32(30)33(38)31(29)25-27)35(40)42-24-22-37(19-11-7-3)20-12-8-4;;/h13-16,25-26H,5-12,17-24H2,1-4H3;2*1H. The molecule has 246 valence electrons. The summed E-state index contributed by atoms with van der Waals surface area (Å²) in [5, 5.41) is 0. The van der Waals surface area contributed by atoms with Gasteiger partial charge in [-0.25, -0.2) is 9.59 Å². The maximum Gasteiger partial charge on any atom is 0.338 e. The molecular formula is C35H52Cl2N2O5. The van der Waals surface area contributed by atoms with E-state index in [1.54, 1.807) is 36.4 Å². The van der Waals surface area contributed by atoms with Crippen LogP contribution in [0.1, 0.15) is 116 Å². The number of nitrogens with zero attached hydrogens (tertiary/aromatic N) is 2. The number of ether oxygens (including phenoxy) is 2. The number of hydrogen-bond acceptors (Lipinski definition) is 7. The van der Waals surface area contributed by atoms with Crippen LogP contribution in [0.4, 0.5) is 0 Å². The minimum Gasteiger partial charge on any atom is -0.461 e. The molecule has 0 spiro atoms. The van der Waals surface area contributed by atoms with Crippen LogP contribution < -0.4 is 0 Å². The molecule has 2 aromatic carbocycles. The molecule has 0 unspecified atom stereocenters. The average Bonchev–Trinajstić information content (AvgIpc) is 3.29. The fraction of sp³-hybridized carbons (Fsp3) is 0.571. The number of rotatable bonds is 20. The van der Waals surface area contributed by atoms with Gasteiger partial charge in [-0.05, 0) is 87.3 Å². The van der Waals surface area contributed by atoms with Gasteiger partial charge in [0.05, 0.1) is 11.1 Å². The molecule has 0 N–H and O–H groups in total. The molecule has 1 aliphatic rings. The van der Waals surface area contributed by atoms with E-state index in [0.29, 0.717) is 48.6 Å². The first-order valence-electron chi connectivity index (χ1n) is 16.0. The Labute approximate surface area is 276 Å². The van der Waals surface area contributed by atoms with Gasteiger partial charge in [-0.3, -0.25) is 14.6 Å². The van der Waals surface area contributed by atoms with Gasteiger partial charge in [0.1, 0.15) is 13.2 Å². The van der Waals surface area contributed by atoms with Crippen LogP contribution in [0.3, 0.4) is 0 Å². The number of ketones is 1. The number of hydrogen-bond donors (Lipinski definition) is 0. The van der Waals surface area contributed by atoms with Crippen molar-refractivity contribution in [1.29, 1.82) is 0 Å². The zero-order chi connectivity index (χ0) is 30.3. The molecule has 7 nitrogen and oxygen atoms in total. The van der Waals surface area contributed by atoms with Crippen molar-refractivity contribution in [2.75, 3.05) is 52.5 Å². The average molecular weight is 652 g/mol. The minimum absolute atomic E-state index is 0. The molecule has 0 radical (unpaired) electrons. The Balaban J connectivity index is 0.00000484. The van der Waals surface area contributed by atoms with Gasteiger partial charge in [-0.1, -0.05) is 65.5 Å². The fourth-order valence-electron chi connectivity index (χ4n) is 5.23. The molecule has 2 aromatic rings. The highest BCUT2D eigenvalue weighted by Crippen LogP contribution is 2.37. The fourth-order valence-corrected chi connectivity index (χ4v) is 5.23. The van der Waals surface area contributed by atoms with Crippen LogP contribution in [-0.4, -0.2) is 80.0 Å². The van der Waals surface area contributed by atoms with Gasteiger partial charge in [-0.2, -0.15) is 0 Å². The molecule has 9 heteroatoms. The third-order valence-corrected chi connectivity index (χ3v) is 7.88. The van der Waals surface area contributed by atoms with Crippen LogP contribution in [0, 0.1) is 0 Å². The molecule has 0 atom stereocenters. The summed E-state index contributed by atoms with van der Waals surface area (Å²) in [6.45, 7) is 14.8. The molecule has 0 saturated carbocycles. The number of esters is 2. The highest BCUT2D eigenvalue weighted by atomic mass is 35.5. The lowest BCUT2D eigenvalue weighted by atomic mass is 10.0. The summed E-state index contributed by atoms with van der Waals surface area (Å²) in [6.07, 6.45) is 9.04. The van der Waals surface area contributed by atoms with E-state index < -0.39 is 11.9 Å². The molecule has 0 heterocycles. The lowest BCUT2D eigenvalue weighted by Gasteiger charge is -2.21. The number of carbonyl (C=O) groups excluding carboxylic acids is 3. The zero-order valence-electron chi connectivity index (χ0n) is 27.0. The van der Waals surface area contributed by atoms with Crippen molar-refractivity contribution in [2.45, 2.75) is 79.1 Å². The van der Waals surface area contributed by atoms with Crippen molar-refractivity contribution < 1.29 is 23.9 Å². The molecule has 0 saturated heterocycles. The van der Waals surface area contributed by atoms with Crippen molar-refractivity contribution in [3.8, 4) is 11.1 Å². The van der Waals surface area contributed by atoms with Crippen LogP contribution in [0.5, 0.6) is 0 Å². The molecule has 0 aromatic heterocycles. The van der Waals surface area contributed by atoms with E-state index >= 15 is 0 Å². The van der Waals surface area contributed by atoms with Gasteiger partial charge in [0.2, 0.25) is 0 Å². The first-order valence-corrected chi connectivity index (χ1v) is 16.0. The quantitative estimate of drug-likeness (QED) is 0.115. The molecule has 1 aliphatic carbocycles. The van der Waals surface area contributed by atoms with Crippen LogP contribution >= 0.6 is 24.8 Å². The smallest absolute Gasteiger partial charge is 0.338 e. The predicted octanol–water partition coefficient (Wildman–Crippen LogP) is 7.86. The van der Waals surface area contributed by atoms with Crippen LogP contribution in [0.2, 0.25) is 0 Å². The number of fused-ring (bicyclic) bond motifs is 3.